The second-order valence-electron chi connectivity index (χ2n) is 4.38. The third kappa shape index (κ3) is 7.27. The van der Waals surface area contributed by atoms with Gasteiger partial charge < -0.3 is 29.0 Å². The van der Waals surface area contributed by atoms with Crippen molar-refractivity contribution in [3.63, 3.8) is 0 Å². The Bertz CT molecular complexity index is 515. The molecule has 0 amide bonds. The van der Waals surface area contributed by atoms with Crippen LogP contribution in [0.5, 0.6) is 0 Å². The van der Waals surface area contributed by atoms with Gasteiger partial charge in [-0.05, 0) is 6.92 Å². The summed E-state index contributed by atoms with van der Waals surface area (Å²) in [5, 5.41) is 0. The molecule has 1 aliphatic heterocycles. The van der Waals surface area contributed by atoms with E-state index >= 15 is 0 Å². The molecule has 1 fully saturated rings. The molecule has 5 atom stereocenters. The maximum Gasteiger partial charge on any atom is 0.490 e. The fourth-order valence-corrected chi connectivity index (χ4v) is 4.82. The minimum atomic E-state index is -5.50. The number of ether oxygens (including phenoxy) is 2. The summed E-state index contributed by atoms with van der Waals surface area (Å²) in [5.74, 6) is 0. The molecule has 0 spiro atoms. The molecule has 1 rings (SSSR count). The highest BCUT2D eigenvalue weighted by atomic mass is 31.3. The summed E-state index contributed by atoms with van der Waals surface area (Å²) < 4.78 is 55.1. The lowest BCUT2D eigenvalue weighted by atomic mass is 10.1. The Morgan fingerprint density at radius 3 is 2.18 bits per heavy atom. The fraction of sp³-hybridized carbons (Fsp3) is 1.00. The average molecular weight is 386 g/mol. The minimum absolute atomic E-state index is 0.181. The van der Waals surface area contributed by atoms with Crippen molar-refractivity contribution in [3.8, 4) is 0 Å². The molecule has 1 saturated heterocycles. The lowest BCUT2D eigenvalue weighted by molar-refractivity contribution is -0.0295. The second-order valence-corrected chi connectivity index (χ2v) is 8.80. The van der Waals surface area contributed by atoms with Crippen molar-refractivity contribution in [1.82, 2.24) is 0 Å². The zero-order valence-electron chi connectivity index (χ0n) is 11.5. The monoisotopic (exact) mass is 386 g/mol. The van der Waals surface area contributed by atoms with E-state index in [1.807, 2.05) is 0 Å². The largest absolute Gasteiger partial charge is 0.490 e. The van der Waals surface area contributed by atoms with Crippen LogP contribution < -0.4 is 0 Å². The molecule has 12 nitrogen and oxygen atoms in total. The maximum atomic E-state index is 11.5. The topological polar surface area (TPSA) is 178 Å². The van der Waals surface area contributed by atoms with E-state index in [4.69, 9.17) is 24.2 Å². The predicted octanol–water partition coefficient (Wildman–Crippen LogP) is 0.522. The molecule has 0 aromatic rings. The van der Waals surface area contributed by atoms with Crippen LogP contribution in [-0.4, -0.2) is 51.6 Å². The van der Waals surface area contributed by atoms with Crippen LogP contribution >= 0.6 is 23.5 Å². The van der Waals surface area contributed by atoms with E-state index < -0.39 is 42.3 Å². The predicted molar refractivity (Wildman–Crippen MR) is 69.6 cm³/mol. The van der Waals surface area contributed by atoms with Gasteiger partial charge in [-0.15, -0.1) is 0 Å². The lowest BCUT2D eigenvalue weighted by Gasteiger charge is -2.20. The number of hydrogen-bond acceptors (Lipinski definition) is 8. The first-order valence-electron chi connectivity index (χ1n) is 5.80. The number of methoxy groups -OCH3 is 1. The highest BCUT2D eigenvalue weighted by molar-refractivity contribution is 7.66. The van der Waals surface area contributed by atoms with Gasteiger partial charge in [0, 0.05) is 13.5 Å². The van der Waals surface area contributed by atoms with Crippen molar-refractivity contribution in [2.75, 3.05) is 13.7 Å². The van der Waals surface area contributed by atoms with E-state index in [2.05, 4.69) is 13.1 Å². The van der Waals surface area contributed by atoms with E-state index in [-0.39, 0.29) is 6.10 Å². The first kappa shape index (κ1) is 20.4. The van der Waals surface area contributed by atoms with Gasteiger partial charge in [-0.25, -0.2) is 13.7 Å². The zero-order chi connectivity index (χ0) is 17.2. The Morgan fingerprint density at radius 2 is 1.68 bits per heavy atom. The van der Waals surface area contributed by atoms with Crippen molar-refractivity contribution in [1.29, 1.82) is 0 Å². The number of hydrogen-bond donors (Lipinski definition) is 4. The van der Waals surface area contributed by atoms with Crippen molar-refractivity contribution in [3.05, 3.63) is 0 Å². The SMILES string of the molecule is COC1CC(C)OC1COP(=O)(O)OP(=O)(O)OP(=O)(O)O. The van der Waals surface area contributed by atoms with Gasteiger partial charge in [0.1, 0.15) is 6.10 Å². The molecule has 1 aliphatic rings. The van der Waals surface area contributed by atoms with Crippen LogP contribution in [0, 0.1) is 0 Å². The highest BCUT2D eigenvalue weighted by Crippen LogP contribution is 2.66. The molecule has 0 aromatic carbocycles. The maximum absolute atomic E-state index is 11.5. The van der Waals surface area contributed by atoms with Crippen molar-refractivity contribution < 1.29 is 55.9 Å². The quantitative estimate of drug-likeness (QED) is 0.426. The Morgan fingerprint density at radius 1 is 1.09 bits per heavy atom. The van der Waals surface area contributed by atoms with Gasteiger partial charge in [0.05, 0.1) is 18.8 Å². The molecule has 0 aliphatic carbocycles. The summed E-state index contributed by atoms with van der Waals surface area (Å²) in [5.41, 5.74) is 0. The third-order valence-corrected chi connectivity index (χ3v) is 6.31. The Hall–Kier alpha value is 0.330. The summed E-state index contributed by atoms with van der Waals surface area (Å²) in [6, 6.07) is 0. The number of phosphoric ester groups is 1. The average Bonchev–Trinajstić information content (AvgIpc) is 2.62. The molecule has 22 heavy (non-hydrogen) atoms. The zero-order valence-corrected chi connectivity index (χ0v) is 14.2. The summed E-state index contributed by atoms with van der Waals surface area (Å²) in [7, 11) is -14.6. The third-order valence-electron chi connectivity index (χ3n) is 2.51. The molecule has 1 heterocycles. The Balaban J connectivity index is 2.59. The van der Waals surface area contributed by atoms with Gasteiger partial charge in [0.25, 0.3) is 0 Å². The Kier molecular flexibility index (Phi) is 6.93. The van der Waals surface area contributed by atoms with Gasteiger partial charge in [-0.3, -0.25) is 4.52 Å². The molecule has 4 N–H and O–H groups in total. The van der Waals surface area contributed by atoms with Crippen molar-refractivity contribution in [2.45, 2.75) is 31.7 Å². The molecular formula is C7H17O12P3. The van der Waals surface area contributed by atoms with Crippen LogP contribution in [0.3, 0.4) is 0 Å². The summed E-state index contributed by atoms with van der Waals surface area (Å²) in [6.07, 6.45) is -0.799. The van der Waals surface area contributed by atoms with Gasteiger partial charge in [-0.2, -0.15) is 8.62 Å². The van der Waals surface area contributed by atoms with Crippen LogP contribution in [0.2, 0.25) is 0 Å². The van der Waals surface area contributed by atoms with Crippen LogP contribution in [0.4, 0.5) is 0 Å². The summed E-state index contributed by atoms with van der Waals surface area (Å²) >= 11 is 0. The van der Waals surface area contributed by atoms with E-state index in [9.17, 15) is 18.6 Å². The van der Waals surface area contributed by atoms with E-state index in [0.29, 0.717) is 6.42 Å². The first-order valence-corrected chi connectivity index (χ1v) is 10.3. The van der Waals surface area contributed by atoms with Crippen LogP contribution in [-0.2, 0) is 36.3 Å². The van der Waals surface area contributed by atoms with E-state index in [0.717, 1.165) is 0 Å². The van der Waals surface area contributed by atoms with Gasteiger partial charge in [0.2, 0.25) is 0 Å². The van der Waals surface area contributed by atoms with Crippen molar-refractivity contribution in [2.24, 2.45) is 0 Å². The second kappa shape index (κ2) is 7.48. The van der Waals surface area contributed by atoms with Crippen LogP contribution in [0.1, 0.15) is 13.3 Å². The number of rotatable bonds is 8. The van der Waals surface area contributed by atoms with Gasteiger partial charge in [-0.1, -0.05) is 0 Å². The fourth-order valence-electron chi connectivity index (χ4n) is 1.79. The first-order chi connectivity index (χ1) is 9.84. The van der Waals surface area contributed by atoms with Crippen LogP contribution in [0.15, 0.2) is 0 Å². The molecule has 132 valence electrons. The van der Waals surface area contributed by atoms with Crippen molar-refractivity contribution >= 4 is 23.5 Å². The summed E-state index contributed by atoms with van der Waals surface area (Å²) in [4.78, 5) is 35.0. The molecule has 0 saturated carbocycles. The lowest BCUT2D eigenvalue weighted by Crippen LogP contribution is -2.27. The Labute approximate surface area is 125 Å². The molecular weight excluding hydrogens is 369 g/mol. The highest BCUT2D eigenvalue weighted by Gasteiger charge is 2.42. The molecule has 0 bridgehead atoms. The smallest absolute Gasteiger partial charge is 0.379 e. The molecule has 0 radical (unpaired) electrons. The normalized spacial score (nSPS) is 31.6. The molecule has 15 heteroatoms. The number of phosphoric acid groups is 3. The van der Waals surface area contributed by atoms with Gasteiger partial charge in [0.15, 0.2) is 0 Å². The van der Waals surface area contributed by atoms with E-state index in [1.54, 1.807) is 6.92 Å². The van der Waals surface area contributed by atoms with E-state index in [1.165, 1.54) is 7.11 Å². The minimum Gasteiger partial charge on any atom is -0.379 e. The summed E-state index contributed by atoms with van der Waals surface area (Å²) in [6.45, 7) is 1.24. The molecule has 0 aromatic heterocycles. The standard InChI is InChI=1S/C7H17O12P3/c1-5-3-6(15-2)7(17-5)4-16-21(11,12)19-22(13,14)18-20(8,9)10/h5-7H,3-4H2,1-2H3,(H,11,12)(H,13,14)(H2,8,9,10). The molecule has 5 unspecified atom stereocenters. The van der Waals surface area contributed by atoms with Gasteiger partial charge >= 0.3 is 23.5 Å². The van der Waals surface area contributed by atoms with Crippen LogP contribution in [0.25, 0.3) is 0 Å².